The molecule has 0 spiro atoms. The van der Waals surface area contributed by atoms with Gasteiger partial charge in [-0.25, -0.2) is 0 Å². The van der Waals surface area contributed by atoms with Gasteiger partial charge in [0.2, 0.25) is 11.8 Å². The molecule has 0 unspecified atom stereocenters. The molecule has 162 valence electrons. The van der Waals surface area contributed by atoms with Crippen LogP contribution in [0.4, 0.5) is 0 Å². The second-order valence-electron chi connectivity index (χ2n) is 7.90. The quantitative estimate of drug-likeness (QED) is 0.604. The lowest BCUT2D eigenvalue weighted by atomic mass is 10.0. The molecule has 1 atom stereocenters. The van der Waals surface area contributed by atoms with Crippen molar-refractivity contribution in [3.05, 3.63) is 65.7 Å². The Morgan fingerprint density at radius 1 is 1.00 bits per heavy atom. The highest BCUT2D eigenvalue weighted by atomic mass is 16.5. The molecule has 30 heavy (non-hydrogen) atoms. The number of methoxy groups -OCH3 is 1. The summed E-state index contributed by atoms with van der Waals surface area (Å²) in [4.78, 5) is 27.7. The first kappa shape index (κ1) is 23.5. The molecule has 0 aliphatic rings. The van der Waals surface area contributed by atoms with E-state index in [0.717, 1.165) is 23.3 Å². The number of hydrogen-bond donors (Lipinski definition) is 1. The fraction of sp³-hybridized carbons (Fsp3) is 0.440. The molecule has 0 saturated heterocycles. The minimum absolute atomic E-state index is 0.0363. The Kier molecular flexibility index (Phi) is 9.39. The summed E-state index contributed by atoms with van der Waals surface area (Å²) in [7, 11) is 1.62. The van der Waals surface area contributed by atoms with Crippen LogP contribution in [-0.4, -0.2) is 36.4 Å². The fourth-order valence-electron chi connectivity index (χ4n) is 3.29. The van der Waals surface area contributed by atoms with E-state index in [-0.39, 0.29) is 11.8 Å². The summed E-state index contributed by atoms with van der Waals surface area (Å²) < 4.78 is 5.23. The number of ether oxygens (including phenoxy) is 1. The predicted molar refractivity (Wildman–Crippen MR) is 120 cm³/mol. The van der Waals surface area contributed by atoms with Gasteiger partial charge < -0.3 is 15.0 Å². The highest BCUT2D eigenvalue weighted by molar-refractivity contribution is 5.87. The zero-order valence-corrected chi connectivity index (χ0v) is 18.6. The minimum Gasteiger partial charge on any atom is -0.497 e. The Labute approximate surface area is 180 Å². The largest absolute Gasteiger partial charge is 0.497 e. The van der Waals surface area contributed by atoms with E-state index in [2.05, 4.69) is 19.2 Å². The van der Waals surface area contributed by atoms with Crippen LogP contribution in [-0.2, 0) is 22.6 Å². The van der Waals surface area contributed by atoms with Gasteiger partial charge in [0.15, 0.2) is 0 Å². The summed E-state index contributed by atoms with van der Waals surface area (Å²) >= 11 is 0. The van der Waals surface area contributed by atoms with E-state index in [1.54, 1.807) is 12.0 Å². The van der Waals surface area contributed by atoms with Gasteiger partial charge in [0, 0.05) is 25.9 Å². The standard InChI is InChI=1S/C25H34N2O3/c1-5-24(28)27(18-21-11-13-22(30-4)14-12-21)23(17-20-9-7-6-8-10-20)25(29)26-16-15-19(2)3/h6-14,19,23H,5,15-18H2,1-4H3,(H,26,29)/t23-/m0/s1. The molecule has 0 aromatic heterocycles. The van der Waals surface area contributed by atoms with Gasteiger partial charge in [0.05, 0.1) is 7.11 Å². The average Bonchev–Trinajstić information content (AvgIpc) is 2.76. The number of rotatable bonds is 11. The number of carbonyl (C=O) groups excluding carboxylic acids is 2. The third kappa shape index (κ3) is 7.21. The lowest BCUT2D eigenvalue weighted by Crippen LogP contribution is -2.50. The van der Waals surface area contributed by atoms with Gasteiger partial charge >= 0.3 is 0 Å². The van der Waals surface area contributed by atoms with E-state index in [1.165, 1.54) is 0 Å². The number of carbonyl (C=O) groups is 2. The normalized spacial score (nSPS) is 11.8. The highest BCUT2D eigenvalue weighted by Crippen LogP contribution is 2.18. The van der Waals surface area contributed by atoms with Crippen LogP contribution in [0.25, 0.3) is 0 Å². The first-order valence-corrected chi connectivity index (χ1v) is 10.7. The molecule has 0 heterocycles. The number of nitrogens with one attached hydrogen (secondary N) is 1. The molecular formula is C25H34N2O3. The maximum Gasteiger partial charge on any atom is 0.243 e. The van der Waals surface area contributed by atoms with Gasteiger partial charge in [-0.3, -0.25) is 9.59 Å². The molecule has 1 N–H and O–H groups in total. The lowest BCUT2D eigenvalue weighted by molar-refractivity contribution is -0.141. The molecule has 0 aliphatic carbocycles. The summed E-state index contributed by atoms with van der Waals surface area (Å²) in [6, 6.07) is 16.9. The lowest BCUT2D eigenvalue weighted by Gasteiger charge is -2.31. The average molecular weight is 411 g/mol. The second kappa shape index (κ2) is 12.0. The van der Waals surface area contributed by atoms with Crippen LogP contribution >= 0.6 is 0 Å². The maximum absolute atomic E-state index is 13.2. The summed E-state index contributed by atoms with van der Waals surface area (Å²) in [5, 5.41) is 3.04. The Bertz CT molecular complexity index is 788. The summed E-state index contributed by atoms with van der Waals surface area (Å²) in [5.74, 6) is 1.13. The van der Waals surface area contributed by atoms with Crippen molar-refractivity contribution >= 4 is 11.8 Å². The van der Waals surface area contributed by atoms with Gasteiger partial charge in [-0.2, -0.15) is 0 Å². The smallest absolute Gasteiger partial charge is 0.243 e. The first-order valence-electron chi connectivity index (χ1n) is 10.7. The maximum atomic E-state index is 13.2. The van der Waals surface area contributed by atoms with Crippen molar-refractivity contribution in [3.8, 4) is 5.75 Å². The molecule has 2 amide bonds. The van der Waals surface area contributed by atoms with Crippen LogP contribution in [0.15, 0.2) is 54.6 Å². The topological polar surface area (TPSA) is 58.6 Å². The second-order valence-corrected chi connectivity index (χ2v) is 7.90. The van der Waals surface area contributed by atoms with Crippen LogP contribution in [0.5, 0.6) is 5.75 Å². The molecule has 2 aromatic rings. The third-order valence-corrected chi connectivity index (χ3v) is 5.11. The van der Waals surface area contributed by atoms with Crippen LogP contribution in [0.3, 0.4) is 0 Å². The number of nitrogens with zero attached hydrogens (tertiary/aromatic N) is 1. The van der Waals surface area contributed by atoms with Crippen molar-refractivity contribution in [1.82, 2.24) is 10.2 Å². The molecule has 5 nitrogen and oxygen atoms in total. The van der Waals surface area contributed by atoms with E-state index in [4.69, 9.17) is 4.74 Å². The van der Waals surface area contributed by atoms with Crippen molar-refractivity contribution in [2.45, 2.75) is 52.6 Å². The van der Waals surface area contributed by atoms with Crippen molar-refractivity contribution in [2.75, 3.05) is 13.7 Å². The van der Waals surface area contributed by atoms with Gasteiger partial charge in [-0.15, -0.1) is 0 Å². The van der Waals surface area contributed by atoms with Gasteiger partial charge in [0.25, 0.3) is 0 Å². The highest BCUT2D eigenvalue weighted by Gasteiger charge is 2.29. The van der Waals surface area contributed by atoms with Crippen molar-refractivity contribution < 1.29 is 14.3 Å². The molecule has 0 radical (unpaired) electrons. The number of amides is 2. The van der Waals surface area contributed by atoms with Crippen molar-refractivity contribution in [2.24, 2.45) is 5.92 Å². The van der Waals surface area contributed by atoms with Crippen LogP contribution in [0.1, 0.15) is 44.7 Å². The minimum atomic E-state index is -0.561. The zero-order valence-electron chi connectivity index (χ0n) is 18.6. The van der Waals surface area contributed by atoms with Crippen LogP contribution in [0, 0.1) is 5.92 Å². The Balaban J connectivity index is 2.27. The van der Waals surface area contributed by atoms with E-state index in [9.17, 15) is 9.59 Å². The molecule has 0 fully saturated rings. The number of benzene rings is 2. The van der Waals surface area contributed by atoms with E-state index >= 15 is 0 Å². The van der Waals surface area contributed by atoms with Crippen molar-refractivity contribution in [3.63, 3.8) is 0 Å². The van der Waals surface area contributed by atoms with Gasteiger partial charge in [-0.1, -0.05) is 63.2 Å². The van der Waals surface area contributed by atoms with Gasteiger partial charge in [0.1, 0.15) is 11.8 Å². The first-order chi connectivity index (χ1) is 14.4. The summed E-state index contributed by atoms with van der Waals surface area (Å²) in [6.45, 7) is 7.08. The van der Waals surface area contributed by atoms with E-state index in [1.807, 2.05) is 61.5 Å². The Hall–Kier alpha value is -2.82. The molecule has 0 bridgehead atoms. The molecule has 2 rings (SSSR count). The molecule has 0 saturated carbocycles. The van der Waals surface area contributed by atoms with Crippen LogP contribution in [0.2, 0.25) is 0 Å². The molecular weight excluding hydrogens is 376 g/mol. The van der Waals surface area contributed by atoms with Gasteiger partial charge in [-0.05, 0) is 35.6 Å². The Morgan fingerprint density at radius 3 is 2.23 bits per heavy atom. The summed E-state index contributed by atoms with van der Waals surface area (Å²) in [6.07, 6.45) is 1.74. The third-order valence-electron chi connectivity index (χ3n) is 5.11. The monoisotopic (exact) mass is 410 g/mol. The van der Waals surface area contributed by atoms with E-state index < -0.39 is 6.04 Å². The zero-order chi connectivity index (χ0) is 21.9. The van der Waals surface area contributed by atoms with Crippen molar-refractivity contribution in [1.29, 1.82) is 0 Å². The van der Waals surface area contributed by atoms with E-state index in [0.29, 0.717) is 31.8 Å². The fourth-order valence-corrected chi connectivity index (χ4v) is 3.29. The predicted octanol–water partition coefficient (Wildman–Crippen LogP) is 4.21. The van der Waals surface area contributed by atoms with Crippen LogP contribution < -0.4 is 10.1 Å². The number of hydrogen-bond acceptors (Lipinski definition) is 3. The molecule has 2 aromatic carbocycles. The SMILES string of the molecule is CCC(=O)N(Cc1ccc(OC)cc1)[C@@H](Cc1ccccc1)C(=O)NCCC(C)C. The molecule has 5 heteroatoms. The molecule has 0 aliphatic heterocycles. The summed E-state index contributed by atoms with van der Waals surface area (Å²) in [5.41, 5.74) is 2.00. The Morgan fingerprint density at radius 2 is 1.67 bits per heavy atom.